The first-order valence-electron chi connectivity index (χ1n) is 12.6. The second kappa shape index (κ2) is 7.97. The van der Waals surface area contributed by atoms with E-state index in [0.29, 0.717) is 0 Å². The second-order valence-corrected chi connectivity index (χ2v) is 11.3. The number of fused-ring (bicyclic) bond motifs is 5. The van der Waals surface area contributed by atoms with E-state index in [0.717, 1.165) is 24.2 Å². The average Bonchev–Trinajstić information content (AvgIpc) is 3.09. The van der Waals surface area contributed by atoms with E-state index >= 15 is 0 Å². The van der Waals surface area contributed by atoms with Gasteiger partial charge in [-0.3, -0.25) is 4.79 Å². The third-order valence-corrected chi connectivity index (χ3v) is 9.28. The number of carbonyl (C=O) groups excluding carboxylic acids is 1. The number of hydrogen-bond acceptors (Lipinski definition) is 2. The van der Waals surface area contributed by atoms with Crippen molar-refractivity contribution in [3.05, 3.63) is 35.4 Å². The number of likely N-dealkylation sites (tertiary alicyclic amines) is 1. The zero-order chi connectivity index (χ0) is 20.9. The number of piperidine rings is 1. The number of hydrogen-bond donors (Lipinski definition) is 0. The lowest BCUT2D eigenvalue weighted by Crippen LogP contribution is -2.46. The van der Waals surface area contributed by atoms with Crippen molar-refractivity contribution in [1.82, 2.24) is 9.80 Å². The molecular weight excluding hydrogens is 368 g/mol. The first-order valence-corrected chi connectivity index (χ1v) is 12.6. The fourth-order valence-corrected chi connectivity index (χ4v) is 7.48. The van der Waals surface area contributed by atoms with E-state index < -0.39 is 0 Å². The molecule has 6 rings (SSSR count). The maximum absolute atomic E-state index is 12.8. The molecule has 0 aromatic heterocycles. The Morgan fingerprint density at radius 2 is 1.83 bits per heavy atom. The molecule has 1 aliphatic heterocycles. The van der Waals surface area contributed by atoms with Gasteiger partial charge in [0.1, 0.15) is 0 Å². The highest BCUT2D eigenvalue weighted by Gasteiger charge is 2.47. The zero-order valence-corrected chi connectivity index (χ0v) is 19.3. The van der Waals surface area contributed by atoms with Gasteiger partial charge in [-0.15, -0.1) is 0 Å². The van der Waals surface area contributed by atoms with Gasteiger partial charge in [0.05, 0.1) is 6.04 Å². The summed E-state index contributed by atoms with van der Waals surface area (Å²) < 4.78 is 0. The molecule has 164 valence electrons. The van der Waals surface area contributed by atoms with Crippen LogP contribution in [0.1, 0.15) is 82.4 Å². The van der Waals surface area contributed by atoms with E-state index in [1.54, 1.807) is 0 Å². The predicted octanol–water partition coefficient (Wildman–Crippen LogP) is 5.41. The minimum absolute atomic E-state index is 0.0615. The summed E-state index contributed by atoms with van der Waals surface area (Å²) in [6, 6.07) is 9.25. The quantitative estimate of drug-likeness (QED) is 0.665. The van der Waals surface area contributed by atoms with Crippen LogP contribution in [0.5, 0.6) is 0 Å². The van der Waals surface area contributed by atoms with Crippen molar-refractivity contribution in [1.29, 1.82) is 0 Å². The standard InChI is InChI=1S/C27H40N2O/c1-19(2)26(30)28(3)25-17-27(24-7-5-4-6-23(24)25)12-14-29(15-13-27)18-22-16-20-8-10-21(22)11-9-20/h4-7,19-22,25H,8-18H2,1-3H3/t20-,21-,22-,25+/m1/s1. The fourth-order valence-electron chi connectivity index (χ4n) is 7.48. The van der Waals surface area contributed by atoms with Gasteiger partial charge in [0.25, 0.3) is 0 Å². The molecular formula is C27H40N2O. The van der Waals surface area contributed by atoms with Gasteiger partial charge >= 0.3 is 0 Å². The van der Waals surface area contributed by atoms with Crippen molar-refractivity contribution in [2.24, 2.45) is 23.7 Å². The molecule has 0 N–H and O–H groups in total. The van der Waals surface area contributed by atoms with Gasteiger partial charge in [-0.25, -0.2) is 0 Å². The molecule has 0 unspecified atom stereocenters. The molecule has 1 aromatic carbocycles. The minimum atomic E-state index is 0.0615. The van der Waals surface area contributed by atoms with E-state index in [1.165, 1.54) is 75.7 Å². The molecule has 3 heteroatoms. The van der Waals surface area contributed by atoms with Gasteiger partial charge in [-0.1, -0.05) is 51.0 Å². The maximum Gasteiger partial charge on any atom is 0.225 e. The van der Waals surface area contributed by atoms with Crippen molar-refractivity contribution < 1.29 is 4.79 Å². The molecule has 1 spiro atoms. The predicted molar refractivity (Wildman–Crippen MR) is 122 cm³/mol. The third-order valence-electron chi connectivity index (χ3n) is 9.28. The molecule has 1 amide bonds. The van der Waals surface area contributed by atoms with Crippen LogP contribution in [0.15, 0.2) is 24.3 Å². The summed E-state index contributed by atoms with van der Waals surface area (Å²) in [5.41, 5.74) is 3.22. The van der Waals surface area contributed by atoms with E-state index in [9.17, 15) is 4.79 Å². The Kier molecular flexibility index (Phi) is 5.46. The molecule has 4 fully saturated rings. The Morgan fingerprint density at radius 3 is 2.47 bits per heavy atom. The maximum atomic E-state index is 12.8. The molecule has 2 atom stereocenters. The molecule has 5 aliphatic rings. The van der Waals surface area contributed by atoms with Crippen molar-refractivity contribution in [3.63, 3.8) is 0 Å². The van der Waals surface area contributed by atoms with E-state index in [-0.39, 0.29) is 23.3 Å². The third kappa shape index (κ3) is 3.51. The lowest BCUT2D eigenvalue weighted by Gasteiger charge is -2.47. The van der Waals surface area contributed by atoms with Gasteiger partial charge in [0, 0.05) is 24.9 Å². The van der Waals surface area contributed by atoms with Gasteiger partial charge in [0.2, 0.25) is 5.91 Å². The van der Waals surface area contributed by atoms with Crippen molar-refractivity contribution in [2.45, 2.75) is 76.7 Å². The fraction of sp³-hybridized carbons (Fsp3) is 0.741. The number of amides is 1. The van der Waals surface area contributed by atoms with E-state index in [4.69, 9.17) is 0 Å². The van der Waals surface area contributed by atoms with Crippen LogP contribution in [0.4, 0.5) is 0 Å². The van der Waals surface area contributed by atoms with Crippen LogP contribution in [0.2, 0.25) is 0 Å². The second-order valence-electron chi connectivity index (χ2n) is 11.3. The first kappa shape index (κ1) is 20.5. The topological polar surface area (TPSA) is 23.6 Å². The number of nitrogens with zero attached hydrogens (tertiary/aromatic N) is 2. The first-order chi connectivity index (χ1) is 14.5. The molecule has 4 aliphatic carbocycles. The summed E-state index contributed by atoms with van der Waals surface area (Å²) in [4.78, 5) is 17.6. The normalized spacial score (nSPS) is 32.5. The van der Waals surface area contributed by atoms with Crippen molar-refractivity contribution in [2.75, 3.05) is 26.7 Å². The Balaban J connectivity index is 1.28. The molecule has 0 radical (unpaired) electrons. The zero-order valence-electron chi connectivity index (χ0n) is 19.3. The van der Waals surface area contributed by atoms with Crippen LogP contribution in [0.25, 0.3) is 0 Å². The number of rotatable bonds is 4. The number of carbonyl (C=O) groups is 1. The van der Waals surface area contributed by atoms with E-state index in [2.05, 4.69) is 29.2 Å². The summed E-state index contributed by atoms with van der Waals surface area (Å²) >= 11 is 0. The van der Waals surface area contributed by atoms with Gasteiger partial charge < -0.3 is 9.80 Å². The molecule has 30 heavy (non-hydrogen) atoms. The van der Waals surface area contributed by atoms with Crippen LogP contribution in [-0.2, 0) is 10.2 Å². The molecule has 1 saturated heterocycles. The highest BCUT2D eigenvalue weighted by atomic mass is 16.2. The summed E-state index contributed by atoms with van der Waals surface area (Å²) in [7, 11) is 2.02. The van der Waals surface area contributed by atoms with Crippen LogP contribution in [0, 0.1) is 23.7 Å². The van der Waals surface area contributed by atoms with Crippen molar-refractivity contribution in [3.8, 4) is 0 Å². The van der Waals surface area contributed by atoms with Crippen LogP contribution in [0.3, 0.4) is 0 Å². The smallest absolute Gasteiger partial charge is 0.225 e. The summed E-state index contributed by atoms with van der Waals surface area (Å²) in [6.07, 6.45) is 11.1. The number of benzene rings is 1. The monoisotopic (exact) mass is 408 g/mol. The minimum Gasteiger partial charge on any atom is -0.338 e. The summed E-state index contributed by atoms with van der Waals surface area (Å²) in [5.74, 6) is 3.35. The largest absolute Gasteiger partial charge is 0.338 e. The van der Waals surface area contributed by atoms with Crippen LogP contribution in [-0.4, -0.2) is 42.4 Å². The SMILES string of the molecule is CC(C)C(=O)N(C)[C@H]1CC2(CCN(C[C@H]3C[C@H]4CC[C@H]3CC4)CC2)c2ccccc21. The Morgan fingerprint density at radius 1 is 1.13 bits per heavy atom. The molecule has 2 bridgehead atoms. The molecule has 1 heterocycles. The highest BCUT2D eigenvalue weighted by molar-refractivity contribution is 5.78. The highest BCUT2D eigenvalue weighted by Crippen LogP contribution is 2.53. The average molecular weight is 409 g/mol. The van der Waals surface area contributed by atoms with Gasteiger partial charge in [-0.05, 0) is 80.5 Å². The lowest BCUT2D eigenvalue weighted by molar-refractivity contribution is -0.135. The summed E-state index contributed by atoms with van der Waals surface area (Å²) in [5, 5.41) is 0. The van der Waals surface area contributed by atoms with E-state index in [1.807, 2.05) is 25.8 Å². The Labute approximate surface area is 183 Å². The van der Waals surface area contributed by atoms with Gasteiger partial charge in [-0.2, -0.15) is 0 Å². The Hall–Kier alpha value is -1.35. The molecule has 1 aromatic rings. The van der Waals surface area contributed by atoms with Crippen molar-refractivity contribution >= 4 is 5.91 Å². The molecule has 3 nitrogen and oxygen atoms in total. The van der Waals surface area contributed by atoms with Crippen LogP contribution < -0.4 is 0 Å². The Bertz CT molecular complexity index is 771. The lowest BCUT2D eigenvalue weighted by atomic mass is 9.64. The van der Waals surface area contributed by atoms with Gasteiger partial charge in [0.15, 0.2) is 0 Å². The molecule has 3 saturated carbocycles. The summed E-state index contributed by atoms with van der Waals surface area (Å²) in [6.45, 7) is 7.85. The van der Waals surface area contributed by atoms with Crippen LogP contribution >= 0.6 is 0 Å².